The summed E-state index contributed by atoms with van der Waals surface area (Å²) in [6.45, 7) is 0.401. The molecule has 2 rings (SSSR count). The molecule has 5 nitrogen and oxygen atoms in total. The van der Waals surface area contributed by atoms with Crippen LogP contribution in [-0.2, 0) is 11.3 Å². The topological polar surface area (TPSA) is 61.4 Å². The highest BCUT2D eigenvalue weighted by atomic mass is 35.5. The van der Waals surface area contributed by atoms with E-state index < -0.39 is 0 Å². The number of carbonyl (C=O) groups excluding carboxylic acids is 2. The first-order valence-corrected chi connectivity index (χ1v) is 7.58. The second-order valence-electron chi connectivity index (χ2n) is 5.44. The van der Waals surface area contributed by atoms with E-state index in [0.29, 0.717) is 22.8 Å². The van der Waals surface area contributed by atoms with E-state index in [0.717, 1.165) is 24.8 Å². The standard InChI is InChI=1S/C16H20ClN3O2/c1-20(2)16(22)19-12-6-3-5-11(9-12)10-18-15(21)13-7-4-8-14(13)17/h3,5-6,9H,4,7-8,10H2,1-2H3,(H,18,21)(H,19,22). The molecule has 3 amide bonds. The first kappa shape index (κ1) is 16.4. The van der Waals surface area contributed by atoms with E-state index in [4.69, 9.17) is 11.6 Å². The van der Waals surface area contributed by atoms with Crippen LogP contribution in [0, 0.1) is 0 Å². The lowest BCUT2D eigenvalue weighted by Crippen LogP contribution is -2.27. The van der Waals surface area contributed by atoms with Gasteiger partial charge in [0.1, 0.15) is 0 Å². The van der Waals surface area contributed by atoms with Crippen molar-refractivity contribution in [3.63, 3.8) is 0 Å². The van der Waals surface area contributed by atoms with E-state index in [1.165, 1.54) is 4.90 Å². The van der Waals surface area contributed by atoms with Crippen molar-refractivity contribution >= 4 is 29.2 Å². The average molecular weight is 322 g/mol. The molecule has 0 aliphatic heterocycles. The Morgan fingerprint density at radius 2 is 2.05 bits per heavy atom. The lowest BCUT2D eigenvalue weighted by molar-refractivity contribution is -0.117. The van der Waals surface area contributed by atoms with Gasteiger partial charge in [-0.15, -0.1) is 0 Å². The van der Waals surface area contributed by atoms with Crippen molar-refractivity contribution in [2.45, 2.75) is 25.8 Å². The van der Waals surface area contributed by atoms with Crippen molar-refractivity contribution in [2.75, 3.05) is 19.4 Å². The van der Waals surface area contributed by atoms with Gasteiger partial charge in [0.25, 0.3) is 0 Å². The van der Waals surface area contributed by atoms with Crippen molar-refractivity contribution in [2.24, 2.45) is 0 Å². The first-order valence-electron chi connectivity index (χ1n) is 7.20. The Labute approximate surface area is 135 Å². The maximum absolute atomic E-state index is 12.1. The lowest BCUT2D eigenvalue weighted by atomic mass is 10.2. The summed E-state index contributed by atoms with van der Waals surface area (Å²) in [6, 6.07) is 7.20. The molecule has 0 fully saturated rings. The number of anilines is 1. The van der Waals surface area contributed by atoms with Gasteiger partial charge in [0.05, 0.1) is 0 Å². The maximum Gasteiger partial charge on any atom is 0.321 e. The number of urea groups is 1. The van der Waals surface area contributed by atoms with Crippen molar-refractivity contribution in [1.29, 1.82) is 0 Å². The smallest absolute Gasteiger partial charge is 0.321 e. The van der Waals surface area contributed by atoms with Crippen LogP contribution in [0.2, 0.25) is 0 Å². The van der Waals surface area contributed by atoms with Crippen molar-refractivity contribution < 1.29 is 9.59 Å². The molecule has 0 atom stereocenters. The van der Waals surface area contributed by atoms with Crippen LogP contribution in [0.25, 0.3) is 0 Å². The second-order valence-corrected chi connectivity index (χ2v) is 5.90. The number of halogens is 1. The highest BCUT2D eigenvalue weighted by Gasteiger charge is 2.19. The van der Waals surface area contributed by atoms with Crippen LogP contribution in [0.4, 0.5) is 10.5 Å². The van der Waals surface area contributed by atoms with Gasteiger partial charge in [0.2, 0.25) is 5.91 Å². The number of rotatable bonds is 4. The van der Waals surface area contributed by atoms with Gasteiger partial charge in [0.15, 0.2) is 0 Å². The van der Waals surface area contributed by atoms with E-state index >= 15 is 0 Å². The highest BCUT2D eigenvalue weighted by molar-refractivity contribution is 6.32. The molecule has 0 saturated carbocycles. The second kappa shape index (κ2) is 7.31. The van der Waals surface area contributed by atoms with Crippen molar-refractivity contribution in [3.05, 3.63) is 40.4 Å². The largest absolute Gasteiger partial charge is 0.348 e. The van der Waals surface area contributed by atoms with Gasteiger partial charge in [-0.05, 0) is 37.0 Å². The minimum atomic E-state index is -0.191. The third-order valence-corrected chi connectivity index (χ3v) is 3.88. The normalized spacial score (nSPS) is 14.0. The van der Waals surface area contributed by atoms with E-state index in [-0.39, 0.29) is 11.9 Å². The van der Waals surface area contributed by atoms with Crippen LogP contribution in [0.3, 0.4) is 0 Å². The lowest BCUT2D eigenvalue weighted by Gasteiger charge is -2.13. The van der Waals surface area contributed by atoms with Crippen LogP contribution in [0.1, 0.15) is 24.8 Å². The van der Waals surface area contributed by atoms with Gasteiger partial charge < -0.3 is 15.5 Å². The summed E-state index contributed by atoms with van der Waals surface area (Å²) in [4.78, 5) is 25.1. The number of hydrogen-bond donors (Lipinski definition) is 2. The summed E-state index contributed by atoms with van der Waals surface area (Å²) in [5.74, 6) is -0.106. The van der Waals surface area contributed by atoms with Gasteiger partial charge in [0, 0.05) is 36.9 Å². The summed E-state index contributed by atoms with van der Waals surface area (Å²) >= 11 is 6.03. The third kappa shape index (κ3) is 4.24. The van der Waals surface area contributed by atoms with E-state index in [2.05, 4.69) is 10.6 Å². The molecule has 1 aromatic rings. The molecule has 118 valence electrons. The van der Waals surface area contributed by atoms with Gasteiger partial charge in [-0.2, -0.15) is 0 Å². The Kier molecular flexibility index (Phi) is 5.44. The predicted molar refractivity (Wildman–Crippen MR) is 87.7 cm³/mol. The molecule has 1 aliphatic carbocycles. The predicted octanol–water partition coefficient (Wildman–Crippen LogP) is 3.07. The van der Waals surface area contributed by atoms with Gasteiger partial charge >= 0.3 is 6.03 Å². The van der Waals surface area contributed by atoms with Gasteiger partial charge in [-0.25, -0.2) is 4.79 Å². The van der Waals surface area contributed by atoms with E-state index in [9.17, 15) is 9.59 Å². The fourth-order valence-corrected chi connectivity index (χ4v) is 2.54. The molecule has 0 radical (unpaired) electrons. The Hall–Kier alpha value is -2.01. The van der Waals surface area contributed by atoms with Crippen LogP contribution in [-0.4, -0.2) is 30.9 Å². The maximum atomic E-state index is 12.1. The summed E-state index contributed by atoms with van der Waals surface area (Å²) in [7, 11) is 3.36. The molecule has 0 aromatic heterocycles. The molecular formula is C16H20ClN3O2. The monoisotopic (exact) mass is 321 g/mol. The number of nitrogens with zero attached hydrogens (tertiary/aromatic N) is 1. The fraction of sp³-hybridized carbons (Fsp3) is 0.375. The molecular weight excluding hydrogens is 302 g/mol. The zero-order chi connectivity index (χ0) is 16.1. The van der Waals surface area contributed by atoms with Crippen molar-refractivity contribution in [1.82, 2.24) is 10.2 Å². The SMILES string of the molecule is CN(C)C(=O)Nc1cccc(CNC(=O)C2=C(Cl)CCC2)c1. The summed E-state index contributed by atoms with van der Waals surface area (Å²) in [6.07, 6.45) is 2.47. The van der Waals surface area contributed by atoms with E-state index in [1.807, 2.05) is 24.3 Å². The fourth-order valence-electron chi connectivity index (χ4n) is 2.23. The molecule has 0 unspecified atom stereocenters. The molecule has 1 aliphatic rings. The molecule has 0 spiro atoms. The Bertz CT molecular complexity index is 611. The molecule has 0 heterocycles. The quantitative estimate of drug-likeness (QED) is 0.895. The number of amides is 3. The number of benzene rings is 1. The number of hydrogen-bond acceptors (Lipinski definition) is 2. The summed E-state index contributed by atoms with van der Waals surface area (Å²) in [5, 5.41) is 6.32. The van der Waals surface area contributed by atoms with Crippen LogP contribution in [0.5, 0.6) is 0 Å². The minimum absolute atomic E-state index is 0.106. The Balaban J connectivity index is 1.95. The number of allylic oxidation sites excluding steroid dienone is 1. The number of nitrogens with one attached hydrogen (secondary N) is 2. The average Bonchev–Trinajstić information content (AvgIpc) is 2.91. The van der Waals surface area contributed by atoms with Crippen LogP contribution >= 0.6 is 11.6 Å². The zero-order valence-corrected chi connectivity index (χ0v) is 13.5. The molecule has 6 heteroatoms. The van der Waals surface area contributed by atoms with Crippen LogP contribution < -0.4 is 10.6 Å². The third-order valence-electron chi connectivity index (χ3n) is 3.46. The van der Waals surface area contributed by atoms with E-state index in [1.54, 1.807) is 14.1 Å². The van der Waals surface area contributed by atoms with Gasteiger partial charge in [-0.3, -0.25) is 4.79 Å². The Morgan fingerprint density at radius 1 is 1.27 bits per heavy atom. The molecule has 22 heavy (non-hydrogen) atoms. The molecule has 0 saturated heterocycles. The number of carbonyl (C=O) groups is 2. The molecule has 0 bridgehead atoms. The minimum Gasteiger partial charge on any atom is -0.348 e. The Morgan fingerprint density at radius 3 is 2.68 bits per heavy atom. The van der Waals surface area contributed by atoms with Gasteiger partial charge in [-0.1, -0.05) is 23.7 Å². The van der Waals surface area contributed by atoms with Crippen molar-refractivity contribution in [3.8, 4) is 0 Å². The summed E-state index contributed by atoms with van der Waals surface area (Å²) < 4.78 is 0. The molecule has 1 aromatic carbocycles. The van der Waals surface area contributed by atoms with Crippen LogP contribution in [0.15, 0.2) is 34.9 Å². The first-order chi connectivity index (χ1) is 10.5. The highest BCUT2D eigenvalue weighted by Crippen LogP contribution is 2.28. The summed E-state index contributed by atoms with van der Waals surface area (Å²) in [5.41, 5.74) is 2.31. The molecule has 2 N–H and O–H groups in total. The zero-order valence-electron chi connectivity index (χ0n) is 12.8.